The molecule has 0 atom stereocenters. The van der Waals surface area contributed by atoms with Crippen LogP contribution in [0.3, 0.4) is 0 Å². The zero-order chi connectivity index (χ0) is 17.0. The molecule has 1 heterocycles. The van der Waals surface area contributed by atoms with Crippen LogP contribution in [0.2, 0.25) is 0 Å². The maximum Gasteiger partial charge on any atom is 0.341 e. The van der Waals surface area contributed by atoms with Crippen molar-refractivity contribution in [2.45, 2.75) is 11.8 Å². The number of benzene rings is 1. The summed E-state index contributed by atoms with van der Waals surface area (Å²) in [6.45, 7) is 1.85. The number of aromatic nitrogens is 1. The lowest BCUT2D eigenvalue weighted by atomic mass is 10.2. The summed E-state index contributed by atoms with van der Waals surface area (Å²) in [6, 6.07) is 7.19. The highest BCUT2D eigenvalue weighted by atomic mass is 32.2. The number of anilines is 1. The summed E-state index contributed by atoms with van der Waals surface area (Å²) < 4.78 is 36.8. The van der Waals surface area contributed by atoms with Gasteiger partial charge in [0.05, 0.1) is 19.1 Å². The van der Waals surface area contributed by atoms with E-state index in [0.717, 1.165) is 5.56 Å². The third kappa shape index (κ3) is 3.78. The van der Waals surface area contributed by atoms with Crippen molar-refractivity contribution < 1.29 is 22.7 Å². The number of nitrogens with zero attached hydrogens (tertiary/aromatic N) is 1. The van der Waals surface area contributed by atoms with Gasteiger partial charge in [-0.05, 0) is 30.7 Å². The molecule has 0 fully saturated rings. The van der Waals surface area contributed by atoms with Gasteiger partial charge in [-0.25, -0.2) is 18.2 Å². The number of methoxy groups -OCH3 is 2. The Labute approximate surface area is 134 Å². The summed E-state index contributed by atoms with van der Waals surface area (Å²) in [5.74, 6) is -0.304. The number of hydrogen-bond donors (Lipinski definition) is 1. The van der Waals surface area contributed by atoms with E-state index in [4.69, 9.17) is 4.74 Å². The van der Waals surface area contributed by atoms with E-state index in [1.165, 1.54) is 32.4 Å². The van der Waals surface area contributed by atoms with Crippen LogP contribution in [0.1, 0.15) is 15.9 Å². The van der Waals surface area contributed by atoms with Gasteiger partial charge in [0.25, 0.3) is 10.0 Å². The number of hydrogen-bond acceptors (Lipinski definition) is 6. The molecule has 0 aliphatic heterocycles. The minimum absolute atomic E-state index is 0.0515. The highest BCUT2D eigenvalue weighted by molar-refractivity contribution is 7.92. The van der Waals surface area contributed by atoms with Crippen LogP contribution in [-0.2, 0) is 14.8 Å². The molecule has 0 saturated heterocycles. The van der Waals surface area contributed by atoms with E-state index < -0.39 is 16.0 Å². The highest BCUT2D eigenvalue weighted by Crippen LogP contribution is 2.24. The van der Waals surface area contributed by atoms with Gasteiger partial charge in [-0.3, -0.25) is 4.72 Å². The fourth-order valence-electron chi connectivity index (χ4n) is 1.84. The average Bonchev–Trinajstić information content (AvgIpc) is 2.55. The van der Waals surface area contributed by atoms with Gasteiger partial charge in [-0.1, -0.05) is 6.07 Å². The predicted octanol–water partition coefficient (Wildman–Crippen LogP) is 1.99. The van der Waals surface area contributed by atoms with E-state index in [9.17, 15) is 13.2 Å². The van der Waals surface area contributed by atoms with Gasteiger partial charge < -0.3 is 9.47 Å². The number of carbonyl (C=O) groups excluding carboxylic acids is 1. The SMILES string of the molecule is COC(=O)c1ccc(S(=O)(=O)Nc2ccc(C)cn2)cc1OC. The first-order valence-corrected chi connectivity index (χ1v) is 8.07. The second-order valence-corrected chi connectivity index (χ2v) is 6.36. The van der Waals surface area contributed by atoms with Crippen LogP contribution >= 0.6 is 0 Å². The Kier molecular flexibility index (Phi) is 4.85. The Hall–Kier alpha value is -2.61. The molecule has 8 heteroatoms. The molecule has 0 aliphatic rings. The molecule has 23 heavy (non-hydrogen) atoms. The fourth-order valence-corrected chi connectivity index (χ4v) is 2.87. The summed E-state index contributed by atoms with van der Waals surface area (Å²) in [6.07, 6.45) is 1.55. The molecule has 0 spiro atoms. The van der Waals surface area contributed by atoms with E-state index >= 15 is 0 Å². The monoisotopic (exact) mass is 336 g/mol. The van der Waals surface area contributed by atoms with Gasteiger partial charge in [-0.2, -0.15) is 0 Å². The molecule has 0 amide bonds. The zero-order valence-electron chi connectivity index (χ0n) is 12.9. The van der Waals surface area contributed by atoms with E-state index in [1.54, 1.807) is 18.3 Å². The van der Waals surface area contributed by atoms with Crippen LogP contribution < -0.4 is 9.46 Å². The number of pyridine rings is 1. The van der Waals surface area contributed by atoms with Crippen LogP contribution in [0.25, 0.3) is 0 Å². The van der Waals surface area contributed by atoms with Gasteiger partial charge in [0.2, 0.25) is 0 Å². The number of carbonyl (C=O) groups is 1. The van der Waals surface area contributed by atoms with Crippen molar-refractivity contribution in [2.75, 3.05) is 18.9 Å². The molecular weight excluding hydrogens is 320 g/mol. The lowest BCUT2D eigenvalue weighted by molar-refractivity contribution is 0.0597. The smallest absolute Gasteiger partial charge is 0.341 e. The second kappa shape index (κ2) is 6.66. The second-order valence-electron chi connectivity index (χ2n) is 4.68. The van der Waals surface area contributed by atoms with Crippen molar-refractivity contribution in [1.82, 2.24) is 4.98 Å². The lowest BCUT2D eigenvalue weighted by Gasteiger charge is -2.11. The van der Waals surface area contributed by atoms with Crippen LogP contribution in [0.15, 0.2) is 41.4 Å². The standard InChI is InChI=1S/C15H16N2O5S/c1-10-4-7-14(16-9-10)17-23(19,20)11-5-6-12(15(18)22-3)13(8-11)21-2/h4-9H,1-3H3,(H,16,17). The zero-order valence-corrected chi connectivity index (χ0v) is 13.7. The summed E-state index contributed by atoms with van der Waals surface area (Å²) in [5.41, 5.74) is 1.06. The molecular formula is C15H16N2O5S. The van der Waals surface area contributed by atoms with Crippen molar-refractivity contribution in [3.63, 3.8) is 0 Å². The van der Waals surface area contributed by atoms with E-state index in [-0.39, 0.29) is 22.0 Å². The molecule has 0 saturated carbocycles. The molecule has 0 aliphatic carbocycles. The number of aryl methyl sites for hydroxylation is 1. The van der Waals surface area contributed by atoms with Gasteiger partial charge >= 0.3 is 5.97 Å². The van der Waals surface area contributed by atoms with E-state index in [1.807, 2.05) is 6.92 Å². The minimum Gasteiger partial charge on any atom is -0.496 e. The minimum atomic E-state index is -3.85. The molecule has 122 valence electrons. The third-order valence-electron chi connectivity index (χ3n) is 3.04. The summed E-state index contributed by atoms with van der Waals surface area (Å²) in [7, 11) is -1.28. The summed E-state index contributed by atoms with van der Waals surface area (Å²) >= 11 is 0. The van der Waals surface area contributed by atoms with E-state index in [0.29, 0.717) is 0 Å². The van der Waals surface area contributed by atoms with Crippen molar-refractivity contribution in [3.8, 4) is 5.75 Å². The molecule has 2 aromatic rings. The Balaban J connectivity index is 2.36. The summed E-state index contributed by atoms with van der Waals surface area (Å²) in [5, 5.41) is 0. The van der Waals surface area contributed by atoms with E-state index in [2.05, 4.69) is 14.4 Å². The summed E-state index contributed by atoms with van der Waals surface area (Å²) in [4.78, 5) is 15.5. The molecule has 2 rings (SSSR count). The van der Waals surface area contributed by atoms with Gasteiger partial charge in [0.1, 0.15) is 17.1 Å². The number of rotatable bonds is 5. The van der Waals surface area contributed by atoms with Gasteiger partial charge in [0.15, 0.2) is 0 Å². The Morgan fingerprint density at radius 2 is 1.91 bits per heavy atom. The Morgan fingerprint density at radius 3 is 2.48 bits per heavy atom. The van der Waals surface area contributed by atoms with Crippen molar-refractivity contribution in [3.05, 3.63) is 47.7 Å². The van der Waals surface area contributed by atoms with Crippen LogP contribution in [-0.4, -0.2) is 33.6 Å². The number of sulfonamides is 1. The molecule has 0 radical (unpaired) electrons. The van der Waals surface area contributed by atoms with Gasteiger partial charge in [0, 0.05) is 12.3 Å². The first-order valence-electron chi connectivity index (χ1n) is 6.59. The largest absolute Gasteiger partial charge is 0.496 e. The molecule has 1 aromatic carbocycles. The molecule has 0 bridgehead atoms. The maximum absolute atomic E-state index is 12.4. The molecule has 7 nitrogen and oxygen atoms in total. The Morgan fingerprint density at radius 1 is 1.17 bits per heavy atom. The number of ether oxygens (including phenoxy) is 2. The van der Waals surface area contributed by atoms with Crippen molar-refractivity contribution in [2.24, 2.45) is 0 Å². The maximum atomic E-state index is 12.4. The normalized spacial score (nSPS) is 10.9. The third-order valence-corrected chi connectivity index (χ3v) is 4.39. The topological polar surface area (TPSA) is 94.6 Å². The van der Waals surface area contributed by atoms with Gasteiger partial charge in [-0.15, -0.1) is 0 Å². The Bertz CT molecular complexity index is 816. The first-order chi connectivity index (χ1) is 10.9. The van der Waals surface area contributed by atoms with Crippen LogP contribution in [0.5, 0.6) is 5.75 Å². The predicted molar refractivity (Wildman–Crippen MR) is 84.1 cm³/mol. The van der Waals surface area contributed by atoms with Crippen molar-refractivity contribution in [1.29, 1.82) is 0 Å². The quantitative estimate of drug-likeness (QED) is 0.839. The van der Waals surface area contributed by atoms with Crippen LogP contribution in [0.4, 0.5) is 5.82 Å². The molecule has 1 N–H and O–H groups in total. The average molecular weight is 336 g/mol. The number of esters is 1. The molecule has 0 unspecified atom stereocenters. The number of nitrogens with one attached hydrogen (secondary N) is 1. The van der Waals surface area contributed by atoms with Crippen molar-refractivity contribution >= 4 is 21.8 Å². The lowest BCUT2D eigenvalue weighted by Crippen LogP contribution is -2.14. The first kappa shape index (κ1) is 16.8. The van der Waals surface area contributed by atoms with Crippen LogP contribution in [0, 0.1) is 6.92 Å². The highest BCUT2D eigenvalue weighted by Gasteiger charge is 2.20. The molecule has 1 aromatic heterocycles. The fraction of sp³-hybridized carbons (Fsp3) is 0.200.